The Bertz CT molecular complexity index is 838. The van der Waals surface area contributed by atoms with Crippen molar-refractivity contribution < 1.29 is 27.6 Å². The first kappa shape index (κ1) is 20.0. The lowest BCUT2D eigenvalue weighted by Crippen LogP contribution is -2.43. The summed E-state index contributed by atoms with van der Waals surface area (Å²) in [5.74, 6) is -2.28. The fraction of sp³-hybridized carbons (Fsp3) is 0.267. The molecule has 2 aromatic rings. The number of hydrogen-bond acceptors (Lipinski definition) is 4. The maximum atomic E-state index is 12.1. The Balaban J connectivity index is 1.80. The molecule has 3 amide bonds. The molecule has 0 saturated heterocycles. The van der Waals surface area contributed by atoms with E-state index in [-0.39, 0.29) is 9.90 Å². The maximum absolute atomic E-state index is 12.1. The topological polar surface area (TPSA) is 87.3 Å². The molecular weight excluding hydrogens is 395 g/mol. The van der Waals surface area contributed by atoms with Crippen LogP contribution in [0.1, 0.15) is 9.67 Å². The number of carbonyl (C=O) groups excluding carboxylic acids is 3. The third kappa shape index (κ3) is 5.60. The highest BCUT2D eigenvalue weighted by Crippen LogP contribution is 2.34. The van der Waals surface area contributed by atoms with Crippen LogP contribution in [0.5, 0.6) is 0 Å². The summed E-state index contributed by atoms with van der Waals surface area (Å²) >= 11 is 7.31. The number of nitrogens with one attached hydrogen (secondary N) is 3. The van der Waals surface area contributed by atoms with Crippen LogP contribution in [-0.2, 0) is 9.59 Å². The van der Waals surface area contributed by atoms with Crippen molar-refractivity contribution in [3.63, 3.8) is 0 Å². The zero-order valence-corrected chi connectivity index (χ0v) is 14.6. The molecule has 0 spiro atoms. The molecule has 1 aromatic heterocycles. The first-order valence-electron chi connectivity index (χ1n) is 7.23. The van der Waals surface area contributed by atoms with Gasteiger partial charge in [-0.05, 0) is 6.07 Å². The summed E-state index contributed by atoms with van der Waals surface area (Å²) in [6.45, 7) is -2.56. The van der Waals surface area contributed by atoms with Crippen LogP contribution in [-0.4, -0.2) is 43.5 Å². The van der Waals surface area contributed by atoms with Crippen molar-refractivity contribution in [2.45, 2.75) is 6.18 Å². The molecule has 0 saturated carbocycles. The Kier molecular flexibility index (Phi) is 6.43. The molecule has 0 radical (unpaired) electrons. The van der Waals surface area contributed by atoms with Gasteiger partial charge in [-0.2, -0.15) is 13.2 Å². The first-order chi connectivity index (χ1) is 12.2. The van der Waals surface area contributed by atoms with E-state index in [9.17, 15) is 27.6 Å². The van der Waals surface area contributed by atoms with E-state index in [1.54, 1.807) is 29.6 Å². The summed E-state index contributed by atoms with van der Waals surface area (Å²) in [5, 5.41) is 7.05. The summed E-state index contributed by atoms with van der Waals surface area (Å²) in [7, 11) is 0. The van der Waals surface area contributed by atoms with Crippen LogP contribution in [0.4, 0.5) is 13.2 Å². The predicted octanol–water partition coefficient (Wildman–Crippen LogP) is 2.08. The smallest absolute Gasteiger partial charge is 0.346 e. The third-order valence-electron chi connectivity index (χ3n) is 3.08. The summed E-state index contributed by atoms with van der Waals surface area (Å²) in [5.41, 5.74) is 0. The molecule has 6 nitrogen and oxygen atoms in total. The van der Waals surface area contributed by atoms with Crippen LogP contribution in [0.3, 0.4) is 0 Å². The van der Waals surface area contributed by atoms with E-state index in [0.29, 0.717) is 0 Å². The highest BCUT2D eigenvalue weighted by Gasteiger charge is 2.27. The van der Waals surface area contributed by atoms with Crippen molar-refractivity contribution in [1.82, 2.24) is 16.0 Å². The minimum atomic E-state index is -4.53. The van der Waals surface area contributed by atoms with Crippen LogP contribution in [0.2, 0.25) is 5.02 Å². The molecule has 0 aliphatic carbocycles. The fourth-order valence-electron chi connectivity index (χ4n) is 1.90. The molecule has 0 atom stereocenters. The number of thiophene rings is 1. The number of alkyl halides is 3. The molecule has 26 heavy (non-hydrogen) atoms. The number of halogens is 4. The summed E-state index contributed by atoms with van der Waals surface area (Å²) in [4.78, 5) is 35.1. The average molecular weight is 408 g/mol. The molecule has 3 N–H and O–H groups in total. The fourth-order valence-corrected chi connectivity index (χ4v) is 3.34. The number of carbonyl (C=O) groups is 3. The van der Waals surface area contributed by atoms with Crippen LogP contribution in [0, 0.1) is 0 Å². The number of fused-ring (bicyclic) bond motifs is 1. The average Bonchev–Trinajstić information content (AvgIpc) is 2.92. The quantitative estimate of drug-likeness (QED) is 0.685. The molecule has 11 heteroatoms. The molecule has 0 unspecified atom stereocenters. The van der Waals surface area contributed by atoms with Crippen molar-refractivity contribution in [2.75, 3.05) is 19.6 Å². The lowest BCUT2D eigenvalue weighted by Gasteiger charge is -2.09. The summed E-state index contributed by atoms with van der Waals surface area (Å²) in [6, 6.07) is 7.14. The molecule has 140 valence electrons. The lowest BCUT2D eigenvalue weighted by atomic mass is 10.2. The van der Waals surface area contributed by atoms with Crippen LogP contribution < -0.4 is 16.0 Å². The molecular formula is C15H13ClF3N3O3S. The second-order valence-electron chi connectivity index (χ2n) is 5.09. The Labute approximate surface area is 154 Å². The zero-order chi connectivity index (χ0) is 19.3. The van der Waals surface area contributed by atoms with E-state index in [1.807, 2.05) is 0 Å². The van der Waals surface area contributed by atoms with Crippen LogP contribution in [0.25, 0.3) is 10.1 Å². The standard InChI is InChI=1S/C15H13ClF3N3O3S/c16-12-8-3-1-2-4-9(8)26-13(12)14(25)21-6-10(23)20-5-11(24)22-7-15(17,18)19/h1-4H,5-7H2,(H,20,23)(H,21,25)(H,22,24). The van der Waals surface area contributed by atoms with Gasteiger partial charge in [0.1, 0.15) is 11.4 Å². The van der Waals surface area contributed by atoms with E-state index in [4.69, 9.17) is 11.6 Å². The van der Waals surface area contributed by atoms with Crippen molar-refractivity contribution in [3.8, 4) is 0 Å². The van der Waals surface area contributed by atoms with Gasteiger partial charge in [0.25, 0.3) is 5.91 Å². The molecule has 0 bridgehead atoms. The van der Waals surface area contributed by atoms with Crippen molar-refractivity contribution in [3.05, 3.63) is 34.2 Å². The number of hydrogen-bond donors (Lipinski definition) is 3. The lowest BCUT2D eigenvalue weighted by molar-refractivity contribution is -0.138. The molecule has 0 fully saturated rings. The monoisotopic (exact) mass is 407 g/mol. The molecule has 0 aliphatic heterocycles. The van der Waals surface area contributed by atoms with Crippen molar-refractivity contribution in [2.24, 2.45) is 0 Å². The van der Waals surface area contributed by atoms with Gasteiger partial charge in [0.05, 0.1) is 18.1 Å². The van der Waals surface area contributed by atoms with Crippen LogP contribution >= 0.6 is 22.9 Å². The number of rotatable bonds is 6. The van der Waals surface area contributed by atoms with Gasteiger partial charge < -0.3 is 16.0 Å². The van der Waals surface area contributed by atoms with Gasteiger partial charge >= 0.3 is 6.18 Å². The second-order valence-corrected chi connectivity index (χ2v) is 6.52. The molecule has 1 aromatic carbocycles. The zero-order valence-electron chi connectivity index (χ0n) is 13.1. The summed E-state index contributed by atoms with van der Waals surface area (Å²) in [6.07, 6.45) is -4.53. The maximum Gasteiger partial charge on any atom is 0.405 e. The normalized spacial score (nSPS) is 11.2. The SMILES string of the molecule is O=C(CNC(=O)CNC(=O)c1sc2ccccc2c1Cl)NCC(F)(F)F. The van der Waals surface area contributed by atoms with E-state index in [1.165, 1.54) is 0 Å². The minimum Gasteiger partial charge on any atom is -0.346 e. The van der Waals surface area contributed by atoms with E-state index >= 15 is 0 Å². The number of amides is 3. The Morgan fingerprint density at radius 2 is 1.62 bits per heavy atom. The highest BCUT2D eigenvalue weighted by atomic mass is 35.5. The Morgan fingerprint density at radius 3 is 2.27 bits per heavy atom. The molecule has 2 rings (SSSR count). The van der Waals surface area contributed by atoms with E-state index in [2.05, 4.69) is 10.6 Å². The highest BCUT2D eigenvalue weighted by molar-refractivity contribution is 7.21. The van der Waals surface area contributed by atoms with Crippen molar-refractivity contribution >= 4 is 50.7 Å². The van der Waals surface area contributed by atoms with Crippen LogP contribution in [0.15, 0.2) is 24.3 Å². The number of benzene rings is 1. The third-order valence-corrected chi connectivity index (χ3v) is 4.76. The largest absolute Gasteiger partial charge is 0.405 e. The Morgan fingerprint density at radius 1 is 1.00 bits per heavy atom. The van der Waals surface area contributed by atoms with Gasteiger partial charge in [-0.3, -0.25) is 14.4 Å². The van der Waals surface area contributed by atoms with Crippen molar-refractivity contribution in [1.29, 1.82) is 0 Å². The van der Waals surface area contributed by atoms with Gasteiger partial charge in [0, 0.05) is 10.1 Å². The van der Waals surface area contributed by atoms with E-state index < -0.39 is 43.5 Å². The minimum absolute atomic E-state index is 0.239. The van der Waals surface area contributed by atoms with Gasteiger partial charge in [0.15, 0.2) is 0 Å². The second kappa shape index (κ2) is 8.37. The van der Waals surface area contributed by atoms with Gasteiger partial charge in [-0.25, -0.2) is 0 Å². The van der Waals surface area contributed by atoms with Gasteiger partial charge in [-0.1, -0.05) is 29.8 Å². The van der Waals surface area contributed by atoms with Gasteiger partial charge in [0.2, 0.25) is 11.8 Å². The predicted molar refractivity (Wildman–Crippen MR) is 91.2 cm³/mol. The Hall–Kier alpha value is -2.33. The van der Waals surface area contributed by atoms with E-state index in [0.717, 1.165) is 21.4 Å². The molecule has 1 heterocycles. The molecule has 0 aliphatic rings. The summed E-state index contributed by atoms with van der Waals surface area (Å²) < 4.78 is 36.6. The van der Waals surface area contributed by atoms with Gasteiger partial charge in [-0.15, -0.1) is 11.3 Å². The first-order valence-corrected chi connectivity index (χ1v) is 8.42.